The maximum absolute atomic E-state index is 6.63. The first-order chi connectivity index (χ1) is 25.3. The Hall–Kier alpha value is -6.84. The van der Waals surface area contributed by atoms with Gasteiger partial charge in [0, 0.05) is 39.2 Å². The van der Waals surface area contributed by atoms with Gasteiger partial charge in [0.25, 0.3) is 0 Å². The van der Waals surface area contributed by atoms with Gasteiger partial charge in [0.15, 0.2) is 5.58 Å². The number of anilines is 6. The normalized spacial score (nSPS) is 11.1. The molecule has 0 aliphatic carbocycles. The minimum Gasteiger partial charge on any atom is -0.454 e. The molecule has 242 valence electrons. The Balaban J connectivity index is 1.28. The molecule has 0 fully saturated rings. The number of hydrogen-bond acceptors (Lipinski definition) is 3. The van der Waals surface area contributed by atoms with Gasteiger partial charge >= 0.3 is 0 Å². The summed E-state index contributed by atoms with van der Waals surface area (Å²) in [6.07, 6.45) is 0. The van der Waals surface area contributed by atoms with Crippen molar-refractivity contribution in [2.45, 2.75) is 0 Å². The average molecular weight is 655 g/mol. The smallest absolute Gasteiger partial charge is 0.159 e. The molecule has 0 radical (unpaired) electrons. The molecular formula is C48H34N2O. The van der Waals surface area contributed by atoms with Crippen molar-refractivity contribution in [2.75, 3.05) is 9.80 Å². The van der Waals surface area contributed by atoms with E-state index in [0.717, 1.165) is 67.2 Å². The molecule has 3 nitrogen and oxygen atoms in total. The zero-order valence-corrected chi connectivity index (χ0v) is 27.9. The minimum atomic E-state index is 0.852. The van der Waals surface area contributed by atoms with Crippen LogP contribution in [-0.2, 0) is 0 Å². The first-order valence-corrected chi connectivity index (χ1v) is 17.3. The second kappa shape index (κ2) is 13.2. The monoisotopic (exact) mass is 654 g/mol. The van der Waals surface area contributed by atoms with E-state index in [0.29, 0.717) is 0 Å². The molecule has 9 aromatic rings. The van der Waals surface area contributed by atoms with Crippen LogP contribution in [0.15, 0.2) is 211 Å². The number of hydrogen-bond donors (Lipinski definition) is 0. The van der Waals surface area contributed by atoms with E-state index in [2.05, 4.69) is 204 Å². The van der Waals surface area contributed by atoms with Gasteiger partial charge in [0.2, 0.25) is 0 Å². The van der Waals surface area contributed by atoms with Gasteiger partial charge in [-0.3, -0.25) is 0 Å². The van der Waals surface area contributed by atoms with Gasteiger partial charge in [-0.2, -0.15) is 0 Å². The van der Waals surface area contributed by atoms with E-state index >= 15 is 0 Å². The van der Waals surface area contributed by atoms with Gasteiger partial charge in [-0.25, -0.2) is 0 Å². The summed E-state index contributed by atoms with van der Waals surface area (Å²) < 4.78 is 6.63. The van der Waals surface area contributed by atoms with Crippen molar-refractivity contribution in [3.8, 4) is 22.3 Å². The van der Waals surface area contributed by atoms with Crippen molar-refractivity contribution in [1.29, 1.82) is 0 Å². The van der Waals surface area contributed by atoms with E-state index in [4.69, 9.17) is 4.42 Å². The lowest BCUT2D eigenvalue weighted by atomic mass is 10.0. The fraction of sp³-hybridized carbons (Fsp3) is 0. The Morgan fingerprint density at radius 1 is 0.294 bits per heavy atom. The third kappa shape index (κ3) is 5.81. The standard InChI is InChI=1S/C48H34N2O/c1-5-16-35(17-6-1)37-28-30-41(31-29-37)49(39-20-9-3-10-21-39)42-32-38(36-18-7-2-8-19-36)33-43(34-42)50(40-22-11-4-12-23-40)46-26-15-25-45-44-24-13-14-27-47(44)51-48(45)46/h1-34H. The lowest BCUT2D eigenvalue weighted by Crippen LogP contribution is -2.13. The van der Waals surface area contributed by atoms with Crippen LogP contribution >= 0.6 is 0 Å². The summed E-state index contributed by atoms with van der Waals surface area (Å²) in [7, 11) is 0. The zero-order chi connectivity index (χ0) is 34.0. The Morgan fingerprint density at radius 3 is 1.41 bits per heavy atom. The van der Waals surface area contributed by atoms with Crippen molar-refractivity contribution in [2.24, 2.45) is 0 Å². The lowest BCUT2D eigenvalue weighted by Gasteiger charge is -2.30. The van der Waals surface area contributed by atoms with E-state index in [1.807, 2.05) is 12.1 Å². The Kier molecular flexibility index (Phi) is 7.84. The van der Waals surface area contributed by atoms with Gasteiger partial charge < -0.3 is 14.2 Å². The largest absolute Gasteiger partial charge is 0.454 e. The minimum absolute atomic E-state index is 0.852. The van der Waals surface area contributed by atoms with E-state index in [1.165, 1.54) is 11.1 Å². The van der Waals surface area contributed by atoms with Gasteiger partial charge in [-0.05, 0) is 89.0 Å². The summed E-state index contributed by atoms with van der Waals surface area (Å²) >= 11 is 0. The molecule has 0 aliphatic rings. The molecule has 0 N–H and O–H groups in total. The van der Waals surface area contributed by atoms with Gasteiger partial charge in [0.05, 0.1) is 5.69 Å². The predicted octanol–water partition coefficient (Wildman–Crippen LogP) is 13.9. The van der Waals surface area contributed by atoms with Crippen LogP contribution in [0.3, 0.4) is 0 Å². The average Bonchev–Trinajstić information content (AvgIpc) is 3.60. The molecule has 1 heterocycles. The number of fused-ring (bicyclic) bond motifs is 3. The molecule has 0 spiro atoms. The molecule has 0 aliphatic heterocycles. The van der Waals surface area contributed by atoms with Crippen molar-refractivity contribution in [3.63, 3.8) is 0 Å². The Bertz CT molecular complexity index is 2560. The summed E-state index contributed by atoms with van der Waals surface area (Å²) in [5, 5.41) is 2.20. The number of benzene rings is 8. The maximum atomic E-state index is 6.63. The van der Waals surface area contributed by atoms with Crippen LogP contribution in [0.2, 0.25) is 0 Å². The van der Waals surface area contributed by atoms with Crippen LogP contribution in [-0.4, -0.2) is 0 Å². The van der Waals surface area contributed by atoms with E-state index < -0.39 is 0 Å². The van der Waals surface area contributed by atoms with Crippen LogP contribution in [0.5, 0.6) is 0 Å². The number of para-hydroxylation sites is 4. The van der Waals surface area contributed by atoms with E-state index in [9.17, 15) is 0 Å². The molecule has 51 heavy (non-hydrogen) atoms. The zero-order valence-electron chi connectivity index (χ0n) is 27.9. The molecule has 0 atom stereocenters. The number of nitrogens with zero attached hydrogens (tertiary/aromatic N) is 2. The third-order valence-electron chi connectivity index (χ3n) is 9.41. The molecule has 8 aromatic carbocycles. The molecular weight excluding hydrogens is 621 g/mol. The van der Waals surface area contributed by atoms with Crippen LogP contribution in [0.4, 0.5) is 34.1 Å². The van der Waals surface area contributed by atoms with Crippen LogP contribution in [0.25, 0.3) is 44.2 Å². The van der Waals surface area contributed by atoms with Crippen molar-refractivity contribution in [1.82, 2.24) is 0 Å². The summed E-state index contributed by atoms with van der Waals surface area (Å²) in [6, 6.07) is 72.7. The highest BCUT2D eigenvalue weighted by molar-refractivity contribution is 6.10. The highest BCUT2D eigenvalue weighted by Crippen LogP contribution is 2.46. The Morgan fingerprint density at radius 2 is 0.765 bits per heavy atom. The lowest BCUT2D eigenvalue weighted by molar-refractivity contribution is 0.669. The highest BCUT2D eigenvalue weighted by atomic mass is 16.3. The fourth-order valence-electron chi connectivity index (χ4n) is 7.02. The number of rotatable bonds is 8. The third-order valence-corrected chi connectivity index (χ3v) is 9.41. The second-order valence-electron chi connectivity index (χ2n) is 12.6. The van der Waals surface area contributed by atoms with Gasteiger partial charge in [0.1, 0.15) is 5.58 Å². The maximum Gasteiger partial charge on any atom is 0.159 e. The molecule has 0 saturated heterocycles. The summed E-state index contributed by atoms with van der Waals surface area (Å²) in [5.74, 6) is 0. The second-order valence-corrected chi connectivity index (χ2v) is 12.6. The molecule has 0 saturated carbocycles. The van der Waals surface area contributed by atoms with Crippen LogP contribution < -0.4 is 9.80 Å². The van der Waals surface area contributed by atoms with Crippen LogP contribution in [0.1, 0.15) is 0 Å². The van der Waals surface area contributed by atoms with Gasteiger partial charge in [-0.15, -0.1) is 0 Å². The highest BCUT2D eigenvalue weighted by Gasteiger charge is 2.22. The Labute approximate surface area is 297 Å². The van der Waals surface area contributed by atoms with Crippen molar-refractivity contribution < 1.29 is 4.42 Å². The molecule has 9 rings (SSSR count). The molecule has 0 bridgehead atoms. The van der Waals surface area contributed by atoms with Crippen LogP contribution in [0, 0.1) is 0 Å². The van der Waals surface area contributed by atoms with Gasteiger partial charge in [-0.1, -0.05) is 140 Å². The molecule has 0 unspecified atom stereocenters. The molecule has 1 aromatic heterocycles. The topological polar surface area (TPSA) is 19.6 Å². The summed E-state index contributed by atoms with van der Waals surface area (Å²) in [5.41, 5.74) is 12.6. The number of furan rings is 1. The summed E-state index contributed by atoms with van der Waals surface area (Å²) in [6.45, 7) is 0. The first-order valence-electron chi connectivity index (χ1n) is 17.3. The molecule has 0 amide bonds. The summed E-state index contributed by atoms with van der Waals surface area (Å²) in [4.78, 5) is 4.66. The molecule has 3 heteroatoms. The van der Waals surface area contributed by atoms with E-state index in [-0.39, 0.29) is 0 Å². The predicted molar refractivity (Wildman–Crippen MR) is 214 cm³/mol. The SMILES string of the molecule is c1ccc(-c2ccc(N(c3ccccc3)c3cc(-c4ccccc4)cc(N(c4ccccc4)c4cccc5c4oc4ccccc45)c3)cc2)cc1. The fourth-order valence-corrected chi connectivity index (χ4v) is 7.02. The quantitative estimate of drug-likeness (QED) is 0.163. The van der Waals surface area contributed by atoms with Crippen molar-refractivity contribution in [3.05, 3.63) is 206 Å². The van der Waals surface area contributed by atoms with E-state index in [1.54, 1.807) is 0 Å². The van der Waals surface area contributed by atoms with Crippen molar-refractivity contribution >= 4 is 56.1 Å². The first kappa shape index (κ1) is 30.2.